The zero-order chi connectivity index (χ0) is 18.2. The van der Waals surface area contributed by atoms with Gasteiger partial charge in [-0.05, 0) is 43.8 Å². The summed E-state index contributed by atoms with van der Waals surface area (Å²) in [6.07, 6.45) is 1.29. The van der Waals surface area contributed by atoms with Crippen molar-refractivity contribution >= 4 is 11.6 Å². The van der Waals surface area contributed by atoms with Crippen molar-refractivity contribution in [3.05, 3.63) is 65.7 Å². The maximum Gasteiger partial charge on any atom is 0.220 e. The van der Waals surface area contributed by atoms with E-state index in [0.29, 0.717) is 13.0 Å². The number of benzene rings is 2. The summed E-state index contributed by atoms with van der Waals surface area (Å²) in [6, 6.07) is 18.8. The van der Waals surface area contributed by atoms with Crippen LogP contribution in [0.3, 0.4) is 0 Å². The minimum atomic E-state index is 0.0978. The average Bonchev–Trinajstić information content (AvgIpc) is 2.61. The average molecular weight is 339 g/mol. The van der Waals surface area contributed by atoms with Gasteiger partial charge in [0.2, 0.25) is 5.91 Å². The smallest absolute Gasteiger partial charge is 0.220 e. The fourth-order valence-corrected chi connectivity index (χ4v) is 2.79. The molecule has 4 nitrogen and oxygen atoms in total. The van der Waals surface area contributed by atoms with Gasteiger partial charge in [0.1, 0.15) is 0 Å². The van der Waals surface area contributed by atoms with E-state index in [4.69, 9.17) is 0 Å². The van der Waals surface area contributed by atoms with Crippen LogP contribution in [0, 0.1) is 0 Å². The van der Waals surface area contributed by atoms with Gasteiger partial charge < -0.3 is 15.1 Å². The van der Waals surface area contributed by atoms with Gasteiger partial charge in [-0.3, -0.25) is 4.79 Å². The summed E-state index contributed by atoms with van der Waals surface area (Å²) in [5.41, 5.74) is 3.58. The fraction of sp³-hybridized carbons (Fsp3) is 0.381. The number of likely N-dealkylation sites (N-methyl/N-ethyl adjacent to an activating group) is 1. The van der Waals surface area contributed by atoms with Crippen molar-refractivity contribution in [3.8, 4) is 0 Å². The number of nitrogens with zero attached hydrogens (tertiary/aromatic N) is 2. The summed E-state index contributed by atoms with van der Waals surface area (Å²) in [6.45, 7) is 0.613. The third-order valence-corrected chi connectivity index (χ3v) is 4.39. The lowest BCUT2D eigenvalue weighted by Gasteiger charge is -2.26. The second-order valence-corrected chi connectivity index (χ2v) is 6.76. The lowest BCUT2D eigenvalue weighted by Crippen LogP contribution is -2.34. The Labute approximate surface area is 151 Å². The van der Waals surface area contributed by atoms with E-state index in [-0.39, 0.29) is 11.9 Å². The Hall–Kier alpha value is -2.33. The van der Waals surface area contributed by atoms with E-state index in [0.717, 1.165) is 6.42 Å². The second kappa shape index (κ2) is 9.23. The third-order valence-electron chi connectivity index (χ3n) is 4.39. The van der Waals surface area contributed by atoms with Gasteiger partial charge in [0.15, 0.2) is 0 Å². The molecule has 1 amide bonds. The van der Waals surface area contributed by atoms with E-state index in [1.54, 1.807) is 0 Å². The first-order chi connectivity index (χ1) is 12.0. The summed E-state index contributed by atoms with van der Waals surface area (Å²) < 4.78 is 0. The molecule has 25 heavy (non-hydrogen) atoms. The topological polar surface area (TPSA) is 35.6 Å². The van der Waals surface area contributed by atoms with Crippen LogP contribution >= 0.6 is 0 Å². The van der Waals surface area contributed by atoms with Crippen molar-refractivity contribution in [1.82, 2.24) is 10.2 Å². The Bertz CT molecular complexity index is 651. The summed E-state index contributed by atoms with van der Waals surface area (Å²) in [4.78, 5) is 16.4. The molecule has 2 aromatic rings. The highest BCUT2D eigenvalue weighted by molar-refractivity contribution is 5.76. The Morgan fingerprint density at radius 3 is 2.16 bits per heavy atom. The first-order valence-corrected chi connectivity index (χ1v) is 8.71. The lowest BCUT2D eigenvalue weighted by atomic mass is 10.0. The molecule has 0 radical (unpaired) electrons. The molecule has 1 atom stereocenters. The summed E-state index contributed by atoms with van der Waals surface area (Å²) in [7, 11) is 8.15. The van der Waals surface area contributed by atoms with Crippen LogP contribution < -0.4 is 10.2 Å². The van der Waals surface area contributed by atoms with Crippen molar-refractivity contribution in [2.75, 3.05) is 39.6 Å². The van der Waals surface area contributed by atoms with E-state index in [1.165, 1.54) is 16.8 Å². The van der Waals surface area contributed by atoms with Gasteiger partial charge in [0.25, 0.3) is 0 Å². The van der Waals surface area contributed by atoms with Gasteiger partial charge in [0.05, 0.1) is 6.04 Å². The van der Waals surface area contributed by atoms with Crippen LogP contribution in [-0.2, 0) is 11.2 Å². The number of rotatable bonds is 8. The zero-order valence-corrected chi connectivity index (χ0v) is 15.7. The molecule has 0 aliphatic carbocycles. The van der Waals surface area contributed by atoms with Crippen molar-refractivity contribution in [2.45, 2.75) is 18.9 Å². The first-order valence-electron chi connectivity index (χ1n) is 8.71. The van der Waals surface area contributed by atoms with Gasteiger partial charge in [-0.1, -0.05) is 42.5 Å². The van der Waals surface area contributed by atoms with Crippen molar-refractivity contribution < 1.29 is 4.79 Å². The number of anilines is 1. The van der Waals surface area contributed by atoms with E-state index in [1.807, 2.05) is 46.4 Å². The van der Waals surface area contributed by atoms with E-state index >= 15 is 0 Å². The van der Waals surface area contributed by atoms with Crippen LogP contribution in [0.5, 0.6) is 0 Å². The maximum absolute atomic E-state index is 12.2. The molecule has 0 aliphatic heterocycles. The third kappa shape index (κ3) is 5.91. The van der Waals surface area contributed by atoms with Crippen LogP contribution in [0.15, 0.2) is 54.6 Å². The Kier molecular flexibility index (Phi) is 7.02. The van der Waals surface area contributed by atoms with Gasteiger partial charge >= 0.3 is 0 Å². The Balaban J connectivity index is 1.89. The molecular weight excluding hydrogens is 310 g/mol. The largest absolute Gasteiger partial charge is 0.378 e. The minimum absolute atomic E-state index is 0.0978. The van der Waals surface area contributed by atoms with E-state index < -0.39 is 0 Å². The molecule has 134 valence electrons. The number of nitrogens with one attached hydrogen (secondary N) is 1. The van der Waals surface area contributed by atoms with Crippen LogP contribution in [0.2, 0.25) is 0 Å². The summed E-state index contributed by atoms with van der Waals surface area (Å²) >= 11 is 0. The van der Waals surface area contributed by atoms with Crippen LogP contribution in [0.1, 0.15) is 23.6 Å². The van der Waals surface area contributed by atoms with Crippen molar-refractivity contribution in [2.24, 2.45) is 0 Å². The molecule has 0 saturated carbocycles. The summed E-state index contributed by atoms with van der Waals surface area (Å²) in [5.74, 6) is 0.0978. The van der Waals surface area contributed by atoms with Gasteiger partial charge in [-0.25, -0.2) is 0 Å². The highest BCUT2D eigenvalue weighted by Gasteiger charge is 2.15. The molecule has 4 heteroatoms. The molecule has 2 rings (SSSR count). The highest BCUT2D eigenvalue weighted by Crippen LogP contribution is 2.21. The fourth-order valence-electron chi connectivity index (χ4n) is 2.79. The predicted octanol–water partition coefficient (Wildman–Crippen LogP) is 3.10. The molecule has 0 fully saturated rings. The SMILES string of the molecule is CN(C)c1ccc([C@@H](CNC(=O)CCc2ccccc2)N(C)C)cc1. The van der Waals surface area contributed by atoms with Gasteiger partial charge in [-0.2, -0.15) is 0 Å². The van der Waals surface area contributed by atoms with Crippen molar-refractivity contribution in [3.63, 3.8) is 0 Å². The molecule has 0 aliphatic rings. The van der Waals surface area contributed by atoms with Crippen LogP contribution in [0.4, 0.5) is 5.69 Å². The van der Waals surface area contributed by atoms with Crippen LogP contribution in [0.25, 0.3) is 0 Å². The standard InChI is InChI=1S/C21H29N3O/c1-23(2)19-13-11-18(12-14-19)20(24(3)4)16-22-21(25)15-10-17-8-6-5-7-9-17/h5-9,11-14,20H,10,15-16H2,1-4H3,(H,22,25)/t20-/m1/s1. The van der Waals surface area contributed by atoms with E-state index in [9.17, 15) is 4.79 Å². The minimum Gasteiger partial charge on any atom is -0.378 e. The molecule has 0 aromatic heterocycles. The first kappa shape index (κ1) is 19.0. The molecule has 0 unspecified atom stereocenters. The second-order valence-electron chi connectivity index (χ2n) is 6.76. The van der Waals surface area contributed by atoms with Gasteiger partial charge in [0, 0.05) is 32.7 Å². The number of amides is 1. The monoisotopic (exact) mass is 339 g/mol. The molecule has 0 bridgehead atoms. The molecule has 0 spiro atoms. The molecule has 1 N–H and O–H groups in total. The quantitative estimate of drug-likeness (QED) is 0.803. The number of hydrogen-bond donors (Lipinski definition) is 1. The zero-order valence-electron chi connectivity index (χ0n) is 15.7. The Morgan fingerprint density at radius 1 is 0.960 bits per heavy atom. The lowest BCUT2D eigenvalue weighted by molar-refractivity contribution is -0.121. The maximum atomic E-state index is 12.2. The highest BCUT2D eigenvalue weighted by atomic mass is 16.1. The van der Waals surface area contributed by atoms with Crippen LogP contribution in [-0.4, -0.2) is 45.5 Å². The Morgan fingerprint density at radius 2 is 1.60 bits per heavy atom. The molecule has 2 aromatic carbocycles. The molecule has 0 saturated heterocycles. The predicted molar refractivity (Wildman–Crippen MR) is 105 cm³/mol. The number of carbonyl (C=O) groups is 1. The van der Waals surface area contributed by atoms with E-state index in [2.05, 4.69) is 51.5 Å². The molecular formula is C21H29N3O. The summed E-state index contributed by atoms with van der Waals surface area (Å²) in [5, 5.41) is 3.08. The van der Waals surface area contributed by atoms with Gasteiger partial charge in [-0.15, -0.1) is 0 Å². The normalized spacial score (nSPS) is 12.0. The number of carbonyl (C=O) groups excluding carboxylic acids is 1. The number of aryl methyl sites for hydroxylation is 1. The molecule has 0 heterocycles. The van der Waals surface area contributed by atoms with Crippen molar-refractivity contribution in [1.29, 1.82) is 0 Å². The number of hydrogen-bond acceptors (Lipinski definition) is 3.